The Bertz CT molecular complexity index is 335. The fourth-order valence-corrected chi connectivity index (χ4v) is 1.45. The standard InChI is InChI=1S/C15H23NS/c1-5-7-8-15(11-12-17)16-14(4)10-9-13(3)6-2/h5-7,9-12,15-17H,2,8H2,1,3-4H3/b7-5+,12-11-,13-9-,14-10+. The van der Waals surface area contributed by atoms with Crippen LogP contribution >= 0.6 is 12.6 Å². The zero-order valence-electron chi connectivity index (χ0n) is 11.0. The van der Waals surface area contributed by atoms with E-state index in [-0.39, 0.29) is 6.04 Å². The molecular weight excluding hydrogens is 226 g/mol. The number of allylic oxidation sites excluding steroid dienone is 6. The Labute approximate surface area is 111 Å². The van der Waals surface area contributed by atoms with Gasteiger partial charge in [-0.15, -0.1) is 0 Å². The molecule has 0 aliphatic rings. The molecule has 0 radical (unpaired) electrons. The summed E-state index contributed by atoms with van der Waals surface area (Å²) in [4.78, 5) is 0. The molecule has 0 bridgehead atoms. The number of hydrogen-bond donors (Lipinski definition) is 2. The van der Waals surface area contributed by atoms with Crippen molar-refractivity contribution in [3.63, 3.8) is 0 Å². The third-order valence-corrected chi connectivity index (χ3v) is 2.45. The van der Waals surface area contributed by atoms with Crippen molar-refractivity contribution >= 4 is 12.6 Å². The lowest BCUT2D eigenvalue weighted by Crippen LogP contribution is -2.24. The lowest BCUT2D eigenvalue weighted by Gasteiger charge is -2.14. The van der Waals surface area contributed by atoms with Crippen molar-refractivity contribution in [1.29, 1.82) is 0 Å². The second-order valence-corrected chi connectivity index (χ2v) is 4.16. The van der Waals surface area contributed by atoms with E-state index in [9.17, 15) is 0 Å². The highest BCUT2D eigenvalue weighted by atomic mass is 32.1. The first-order valence-electron chi connectivity index (χ1n) is 5.80. The molecule has 0 saturated heterocycles. The maximum absolute atomic E-state index is 4.12. The van der Waals surface area contributed by atoms with Crippen LogP contribution in [-0.4, -0.2) is 6.04 Å². The molecule has 17 heavy (non-hydrogen) atoms. The van der Waals surface area contributed by atoms with Gasteiger partial charge in [-0.05, 0) is 38.7 Å². The van der Waals surface area contributed by atoms with Gasteiger partial charge in [0.25, 0.3) is 0 Å². The summed E-state index contributed by atoms with van der Waals surface area (Å²) in [6, 6.07) is 0.289. The fourth-order valence-electron chi connectivity index (χ4n) is 1.24. The predicted octanol–water partition coefficient (Wildman–Crippen LogP) is 4.39. The van der Waals surface area contributed by atoms with Crippen LogP contribution in [0.5, 0.6) is 0 Å². The van der Waals surface area contributed by atoms with Gasteiger partial charge in [-0.2, -0.15) is 12.6 Å². The van der Waals surface area contributed by atoms with Gasteiger partial charge in [-0.25, -0.2) is 0 Å². The molecule has 0 aliphatic heterocycles. The Morgan fingerprint density at radius 3 is 2.59 bits per heavy atom. The minimum Gasteiger partial charge on any atom is -0.382 e. The Morgan fingerprint density at radius 1 is 1.35 bits per heavy atom. The van der Waals surface area contributed by atoms with E-state index in [0.29, 0.717) is 0 Å². The topological polar surface area (TPSA) is 12.0 Å². The van der Waals surface area contributed by atoms with Crippen LogP contribution < -0.4 is 5.32 Å². The Hall–Kier alpha value is -1.15. The van der Waals surface area contributed by atoms with E-state index in [1.807, 2.05) is 32.1 Å². The third-order valence-electron chi connectivity index (χ3n) is 2.28. The molecule has 0 rings (SSSR count). The first-order valence-corrected chi connectivity index (χ1v) is 6.31. The molecule has 0 spiro atoms. The van der Waals surface area contributed by atoms with E-state index in [4.69, 9.17) is 0 Å². The van der Waals surface area contributed by atoms with Gasteiger partial charge in [0.05, 0.1) is 0 Å². The fraction of sp³-hybridized carbons (Fsp3) is 0.333. The summed E-state index contributed by atoms with van der Waals surface area (Å²) in [5.74, 6) is 0. The van der Waals surface area contributed by atoms with Gasteiger partial charge in [0.2, 0.25) is 0 Å². The average Bonchev–Trinajstić information content (AvgIpc) is 2.33. The quantitative estimate of drug-likeness (QED) is 0.387. The van der Waals surface area contributed by atoms with E-state index < -0.39 is 0 Å². The molecule has 0 heterocycles. The minimum atomic E-state index is 0.289. The molecule has 0 aromatic heterocycles. The number of hydrogen-bond acceptors (Lipinski definition) is 2. The molecule has 1 nitrogen and oxygen atoms in total. The van der Waals surface area contributed by atoms with Crippen molar-refractivity contribution in [3.8, 4) is 0 Å². The maximum atomic E-state index is 4.12. The zero-order chi connectivity index (χ0) is 13.1. The molecule has 1 unspecified atom stereocenters. The molecule has 0 aromatic rings. The van der Waals surface area contributed by atoms with Crippen LogP contribution in [0.2, 0.25) is 0 Å². The average molecular weight is 249 g/mol. The highest BCUT2D eigenvalue weighted by molar-refractivity contribution is 7.83. The van der Waals surface area contributed by atoms with Crippen molar-refractivity contribution < 1.29 is 0 Å². The SMILES string of the molecule is C=C/C(C)=C\C=C(/C)NC(/C=C\S)C/C=C/C. The van der Waals surface area contributed by atoms with Crippen LogP contribution in [-0.2, 0) is 0 Å². The van der Waals surface area contributed by atoms with Crippen LogP contribution in [0.4, 0.5) is 0 Å². The van der Waals surface area contributed by atoms with E-state index in [0.717, 1.165) is 17.7 Å². The Kier molecular flexibility index (Phi) is 9.35. The lowest BCUT2D eigenvalue weighted by atomic mass is 10.2. The summed E-state index contributed by atoms with van der Waals surface area (Å²) in [5, 5.41) is 5.20. The van der Waals surface area contributed by atoms with Gasteiger partial charge in [0.1, 0.15) is 0 Å². The van der Waals surface area contributed by atoms with Gasteiger partial charge < -0.3 is 5.32 Å². The van der Waals surface area contributed by atoms with Crippen molar-refractivity contribution in [3.05, 3.63) is 59.7 Å². The molecule has 1 N–H and O–H groups in total. The predicted molar refractivity (Wildman–Crippen MR) is 82.2 cm³/mol. The van der Waals surface area contributed by atoms with E-state index in [1.165, 1.54) is 0 Å². The summed E-state index contributed by atoms with van der Waals surface area (Å²) >= 11 is 4.12. The molecular formula is C15H23NS. The molecule has 94 valence electrons. The normalized spacial score (nSPS) is 15.5. The molecule has 2 heteroatoms. The van der Waals surface area contributed by atoms with Crippen LogP contribution in [0, 0.1) is 0 Å². The highest BCUT2D eigenvalue weighted by Crippen LogP contribution is 2.02. The summed E-state index contributed by atoms with van der Waals surface area (Å²) in [5.41, 5.74) is 2.29. The van der Waals surface area contributed by atoms with Crippen LogP contribution in [0.1, 0.15) is 27.2 Å². The van der Waals surface area contributed by atoms with E-state index in [2.05, 4.69) is 49.7 Å². The van der Waals surface area contributed by atoms with E-state index >= 15 is 0 Å². The van der Waals surface area contributed by atoms with Gasteiger partial charge >= 0.3 is 0 Å². The second kappa shape index (κ2) is 10.0. The minimum absolute atomic E-state index is 0.289. The van der Waals surface area contributed by atoms with Crippen molar-refractivity contribution in [2.24, 2.45) is 0 Å². The van der Waals surface area contributed by atoms with Crippen LogP contribution in [0.25, 0.3) is 0 Å². The lowest BCUT2D eigenvalue weighted by molar-refractivity contribution is 0.678. The first-order chi connectivity index (χ1) is 8.13. The van der Waals surface area contributed by atoms with Crippen LogP contribution in [0.15, 0.2) is 59.7 Å². The molecule has 1 atom stereocenters. The summed E-state index contributed by atoms with van der Waals surface area (Å²) in [6.07, 6.45) is 13.2. The first kappa shape index (κ1) is 15.9. The number of thiol groups is 1. The number of rotatable bonds is 7. The van der Waals surface area contributed by atoms with Gasteiger partial charge in [-0.3, -0.25) is 0 Å². The smallest absolute Gasteiger partial charge is 0.0483 e. The van der Waals surface area contributed by atoms with Crippen molar-refractivity contribution in [2.75, 3.05) is 0 Å². The van der Waals surface area contributed by atoms with Crippen LogP contribution in [0.3, 0.4) is 0 Å². The van der Waals surface area contributed by atoms with Gasteiger partial charge in [-0.1, -0.05) is 42.5 Å². The summed E-state index contributed by atoms with van der Waals surface area (Å²) in [6.45, 7) is 9.84. The second-order valence-electron chi connectivity index (χ2n) is 3.86. The Balaban J connectivity index is 4.48. The third kappa shape index (κ3) is 8.64. The van der Waals surface area contributed by atoms with Crippen molar-refractivity contribution in [2.45, 2.75) is 33.2 Å². The molecule has 0 fully saturated rings. The number of nitrogens with one attached hydrogen (secondary N) is 1. The summed E-state index contributed by atoms with van der Waals surface area (Å²) in [7, 11) is 0. The molecule has 0 aromatic carbocycles. The highest BCUT2D eigenvalue weighted by Gasteiger charge is 2.00. The molecule has 0 amide bonds. The maximum Gasteiger partial charge on any atom is 0.0483 e. The van der Waals surface area contributed by atoms with Gasteiger partial charge in [0.15, 0.2) is 0 Å². The van der Waals surface area contributed by atoms with E-state index in [1.54, 1.807) is 5.41 Å². The zero-order valence-corrected chi connectivity index (χ0v) is 11.9. The largest absolute Gasteiger partial charge is 0.382 e. The molecule has 0 aliphatic carbocycles. The Morgan fingerprint density at radius 2 is 2.06 bits per heavy atom. The van der Waals surface area contributed by atoms with Gasteiger partial charge in [0, 0.05) is 11.7 Å². The van der Waals surface area contributed by atoms with Crippen molar-refractivity contribution in [1.82, 2.24) is 5.32 Å². The summed E-state index contributed by atoms with van der Waals surface area (Å²) < 4.78 is 0. The molecule has 0 saturated carbocycles. The monoisotopic (exact) mass is 249 g/mol.